The maximum absolute atomic E-state index is 14.8. The SMILES string of the molecule is C=C(N=C(C)/C(=C\C)C(=NCC(=C)N1CCOCC1C)N1CCC(CC)C[C@@H]1C)C1=CC(CNCCOC)=C(F)C=CC1. The van der Waals surface area contributed by atoms with Gasteiger partial charge in [0.1, 0.15) is 11.7 Å². The highest BCUT2D eigenvalue weighted by atomic mass is 19.1. The van der Waals surface area contributed by atoms with Gasteiger partial charge in [0, 0.05) is 67.9 Å². The molecule has 3 rings (SSSR count). The lowest BCUT2D eigenvalue weighted by atomic mass is 9.89. The largest absolute Gasteiger partial charge is 0.383 e. The van der Waals surface area contributed by atoms with E-state index in [2.05, 4.69) is 55.1 Å². The molecule has 0 radical (unpaired) electrons. The number of allylic oxidation sites excluding steroid dienone is 5. The maximum atomic E-state index is 14.8. The predicted molar refractivity (Wildman–Crippen MR) is 178 cm³/mol. The van der Waals surface area contributed by atoms with E-state index in [4.69, 9.17) is 19.5 Å². The number of aliphatic imine (C=N–C) groups is 2. The van der Waals surface area contributed by atoms with Crippen LogP contribution in [-0.2, 0) is 9.47 Å². The second kappa shape index (κ2) is 17.5. The van der Waals surface area contributed by atoms with Crippen molar-refractivity contribution < 1.29 is 13.9 Å². The fraction of sp³-hybridized carbons (Fsp3) is 0.600. The lowest BCUT2D eigenvalue weighted by Gasteiger charge is -2.40. The lowest BCUT2D eigenvalue weighted by molar-refractivity contribution is 0.0167. The van der Waals surface area contributed by atoms with E-state index in [1.807, 2.05) is 26.0 Å². The zero-order valence-corrected chi connectivity index (χ0v) is 27.4. The van der Waals surface area contributed by atoms with Crippen LogP contribution in [-0.4, -0.2) is 93.1 Å². The van der Waals surface area contributed by atoms with E-state index < -0.39 is 0 Å². The third kappa shape index (κ3) is 9.85. The molecular formula is C35H54FN5O2. The molecule has 0 bridgehead atoms. The molecule has 2 fully saturated rings. The van der Waals surface area contributed by atoms with Crippen molar-refractivity contribution in [2.75, 3.05) is 59.7 Å². The molecule has 2 saturated heterocycles. The van der Waals surface area contributed by atoms with Gasteiger partial charge in [0.15, 0.2) is 0 Å². The molecule has 2 aliphatic heterocycles. The zero-order chi connectivity index (χ0) is 31.4. The van der Waals surface area contributed by atoms with Gasteiger partial charge in [-0.25, -0.2) is 4.39 Å². The number of piperidine rings is 1. The first-order valence-electron chi connectivity index (χ1n) is 15.9. The number of halogens is 1. The summed E-state index contributed by atoms with van der Waals surface area (Å²) in [5.74, 6) is 1.46. The number of amidine groups is 1. The molecule has 238 valence electrons. The van der Waals surface area contributed by atoms with Crippen LogP contribution in [0.2, 0.25) is 0 Å². The summed E-state index contributed by atoms with van der Waals surface area (Å²) in [6, 6.07) is 0.655. The minimum Gasteiger partial charge on any atom is -0.383 e. The molecule has 7 nitrogen and oxygen atoms in total. The molecule has 0 aromatic rings. The second-order valence-corrected chi connectivity index (χ2v) is 11.8. The Morgan fingerprint density at radius 2 is 2.02 bits per heavy atom. The van der Waals surface area contributed by atoms with Crippen LogP contribution in [0.15, 0.2) is 81.4 Å². The molecule has 2 unspecified atom stereocenters. The van der Waals surface area contributed by atoms with Crippen LogP contribution in [0.4, 0.5) is 4.39 Å². The van der Waals surface area contributed by atoms with Gasteiger partial charge in [-0.3, -0.25) is 9.98 Å². The second-order valence-electron chi connectivity index (χ2n) is 11.8. The molecule has 3 atom stereocenters. The summed E-state index contributed by atoms with van der Waals surface area (Å²) in [6.07, 6.45) is 11.4. The van der Waals surface area contributed by atoms with Crippen molar-refractivity contribution in [1.29, 1.82) is 0 Å². The average molecular weight is 596 g/mol. The standard InChI is InChI=1S/C35H54FN5O2/c1-9-30-14-16-41(25(3)20-30)35(38-22-26(4)40-17-19-43-24-27(40)5)33(10-2)29(7)39-28(6)31-12-11-13-34(36)32(21-31)23-37-15-18-42-8/h10-11,13,21,25,27,30,37H,4,6,9,12,14-20,22-24H2,1-3,5,7-8H3/b33-10+,38-35?,39-29?/t25-,27?,30?/m0/s1. The monoisotopic (exact) mass is 595 g/mol. The summed E-state index contributed by atoms with van der Waals surface area (Å²) >= 11 is 0. The maximum Gasteiger partial charge on any atom is 0.133 e. The molecule has 8 heteroatoms. The highest BCUT2D eigenvalue weighted by molar-refractivity contribution is 6.23. The number of likely N-dealkylation sites (tertiary alicyclic amines) is 1. The van der Waals surface area contributed by atoms with Gasteiger partial charge in [0.25, 0.3) is 0 Å². The van der Waals surface area contributed by atoms with Crippen LogP contribution in [0.1, 0.15) is 60.3 Å². The van der Waals surface area contributed by atoms with E-state index in [0.717, 1.165) is 60.2 Å². The summed E-state index contributed by atoms with van der Waals surface area (Å²) in [4.78, 5) is 15.0. The summed E-state index contributed by atoms with van der Waals surface area (Å²) in [5, 5.41) is 3.24. The topological polar surface area (TPSA) is 61.7 Å². The summed E-state index contributed by atoms with van der Waals surface area (Å²) in [5.41, 5.74) is 4.97. The number of ether oxygens (including phenoxy) is 2. The molecule has 0 saturated carbocycles. The third-order valence-corrected chi connectivity index (χ3v) is 8.67. The molecule has 3 aliphatic rings. The Labute approximate surface area is 259 Å². The number of hydrogen-bond acceptors (Lipinski definition) is 6. The molecular weight excluding hydrogens is 541 g/mol. The van der Waals surface area contributed by atoms with E-state index in [9.17, 15) is 4.39 Å². The number of morpholine rings is 1. The van der Waals surface area contributed by atoms with E-state index in [-0.39, 0.29) is 11.9 Å². The predicted octanol–water partition coefficient (Wildman–Crippen LogP) is 6.40. The molecule has 0 aromatic heterocycles. The number of methoxy groups -OCH3 is 1. The number of nitrogens with zero attached hydrogens (tertiary/aromatic N) is 4. The first kappa shape index (κ1) is 34.7. The molecule has 0 aromatic carbocycles. The van der Waals surface area contributed by atoms with Gasteiger partial charge < -0.3 is 24.6 Å². The molecule has 2 heterocycles. The summed E-state index contributed by atoms with van der Waals surface area (Å²) in [6.45, 7) is 24.9. The van der Waals surface area contributed by atoms with Gasteiger partial charge in [-0.15, -0.1) is 0 Å². The smallest absolute Gasteiger partial charge is 0.133 e. The highest BCUT2D eigenvalue weighted by Crippen LogP contribution is 2.29. The van der Waals surface area contributed by atoms with Crippen molar-refractivity contribution in [2.45, 2.75) is 72.4 Å². The lowest BCUT2D eigenvalue weighted by Crippen LogP contribution is -2.46. The van der Waals surface area contributed by atoms with Crippen LogP contribution in [0.25, 0.3) is 0 Å². The minimum atomic E-state index is -0.240. The Morgan fingerprint density at radius 1 is 1.23 bits per heavy atom. The van der Waals surface area contributed by atoms with Crippen molar-refractivity contribution in [3.63, 3.8) is 0 Å². The van der Waals surface area contributed by atoms with Crippen molar-refractivity contribution in [3.8, 4) is 0 Å². The van der Waals surface area contributed by atoms with E-state index >= 15 is 0 Å². The van der Waals surface area contributed by atoms with Crippen molar-refractivity contribution in [3.05, 3.63) is 71.4 Å². The molecule has 1 N–H and O–H groups in total. The van der Waals surface area contributed by atoms with E-state index in [0.29, 0.717) is 63.2 Å². The quantitative estimate of drug-likeness (QED) is 0.152. The average Bonchev–Trinajstić information content (AvgIpc) is 3.18. The van der Waals surface area contributed by atoms with Gasteiger partial charge in [0.2, 0.25) is 0 Å². The number of nitrogens with one attached hydrogen (secondary N) is 1. The minimum absolute atomic E-state index is 0.240. The van der Waals surface area contributed by atoms with Crippen LogP contribution < -0.4 is 5.32 Å². The van der Waals surface area contributed by atoms with Crippen LogP contribution in [0, 0.1) is 5.92 Å². The first-order chi connectivity index (χ1) is 20.7. The zero-order valence-electron chi connectivity index (χ0n) is 27.4. The molecule has 1 aliphatic carbocycles. The Balaban J connectivity index is 1.88. The molecule has 0 amide bonds. The Hall–Kier alpha value is -2.81. The van der Waals surface area contributed by atoms with Gasteiger partial charge in [-0.1, -0.05) is 38.7 Å². The summed E-state index contributed by atoms with van der Waals surface area (Å²) < 4.78 is 25.5. The highest BCUT2D eigenvalue weighted by Gasteiger charge is 2.29. The van der Waals surface area contributed by atoms with E-state index in [1.165, 1.54) is 12.5 Å². The first-order valence-corrected chi connectivity index (χ1v) is 15.9. The van der Waals surface area contributed by atoms with Crippen molar-refractivity contribution in [2.24, 2.45) is 15.9 Å². The van der Waals surface area contributed by atoms with Gasteiger partial charge in [0.05, 0.1) is 32.1 Å². The third-order valence-electron chi connectivity index (χ3n) is 8.67. The van der Waals surface area contributed by atoms with Gasteiger partial charge in [-0.05, 0) is 70.6 Å². The van der Waals surface area contributed by atoms with Crippen LogP contribution in [0.5, 0.6) is 0 Å². The Morgan fingerprint density at radius 3 is 2.70 bits per heavy atom. The van der Waals surface area contributed by atoms with Gasteiger partial charge >= 0.3 is 0 Å². The fourth-order valence-electron chi connectivity index (χ4n) is 6.04. The van der Waals surface area contributed by atoms with E-state index in [1.54, 1.807) is 7.11 Å². The number of hydrogen-bond donors (Lipinski definition) is 1. The van der Waals surface area contributed by atoms with Crippen LogP contribution in [0.3, 0.4) is 0 Å². The Kier molecular flexibility index (Phi) is 14.1. The fourth-order valence-corrected chi connectivity index (χ4v) is 6.04. The number of rotatable bonds is 13. The normalized spacial score (nSPS) is 24.3. The summed E-state index contributed by atoms with van der Waals surface area (Å²) in [7, 11) is 1.65. The van der Waals surface area contributed by atoms with Crippen LogP contribution >= 0.6 is 0 Å². The Bertz CT molecular complexity index is 1160. The van der Waals surface area contributed by atoms with Gasteiger partial charge in [-0.2, -0.15) is 0 Å². The molecule has 43 heavy (non-hydrogen) atoms. The van der Waals surface area contributed by atoms with Crippen molar-refractivity contribution in [1.82, 2.24) is 15.1 Å². The van der Waals surface area contributed by atoms with Crippen molar-refractivity contribution >= 4 is 11.5 Å². The molecule has 0 spiro atoms.